The van der Waals surface area contributed by atoms with E-state index in [1.807, 2.05) is 47.6 Å². The number of hydrazone groups is 1. The summed E-state index contributed by atoms with van der Waals surface area (Å²) < 4.78 is 0. The van der Waals surface area contributed by atoms with Crippen LogP contribution < -0.4 is 5.01 Å². The second-order valence-corrected chi connectivity index (χ2v) is 5.82. The van der Waals surface area contributed by atoms with Crippen LogP contribution in [0.15, 0.2) is 47.6 Å². The lowest BCUT2D eigenvalue weighted by molar-refractivity contribution is 0.710. The Kier molecular flexibility index (Phi) is 3.88. The molecule has 1 aliphatic rings. The minimum absolute atomic E-state index is 0.131. The van der Waals surface area contributed by atoms with Crippen molar-refractivity contribution in [2.24, 2.45) is 5.10 Å². The molecule has 1 heterocycles. The largest absolute Gasteiger partial charge is 0.256 e. The van der Waals surface area contributed by atoms with Crippen molar-refractivity contribution in [1.82, 2.24) is 0 Å². The van der Waals surface area contributed by atoms with E-state index >= 15 is 0 Å². The highest BCUT2D eigenvalue weighted by Crippen LogP contribution is 2.38. The molecule has 2 aromatic carbocycles. The highest BCUT2D eigenvalue weighted by Gasteiger charge is 2.25. The molecular formula is C15H11Cl3N2. The van der Waals surface area contributed by atoms with Gasteiger partial charge in [-0.05, 0) is 35.9 Å². The number of nitrogens with zero attached hydrogens (tertiary/aromatic N) is 2. The van der Waals surface area contributed by atoms with Gasteiger partial charge in [0.05, 0.1) is 16.8 Å². The fourth-order valence-corrected chi connectivity index (χ4v) is 2.90. The molecule has 0 fully saturated rings. The molecule has 2 nitrogen and oxygen atoms in total. The summed E-state index contributed by atoms with van der Waals surface area (Å²) in [5.74, 6) is 0. The monoisotopic (exact) mass is 324 g/mol. The van der Waals surface area contributed by atoms with Crippen LogP contribution in [0.1, 0.15) is 18.0 Å². The lowest BCUT2D eigenvalue weighted by atomic mass is 10.0. The van der Waals surface area contributed by atoms with Gasteiger partial charge in [0.25, 0.3) is 0 Å². The average Bonchev–Trinajstić information content (AvgIpc) is 2.88. The molecule has 1 unspecified atom stereocenters. The molecule has 20 heavy (non-hydrogen) atoms. The Balaban J connectivity index is 1.95. The molecule has 5 heteroatoms. The Morgan fingerprint density at radius 2 is 1.65 bits per heavy atom. The maximum absolute atomic E-state index is 6.27. The third kappa shape index (κ3) is 2.64. The second-order valence-electron chi connectivity index (χ2n) is 4.54. The summed E-state index contributed by atoms with van der Waals surface area (Å²) in [5, 5.41) is 8.28. The van der Waals surface area contributed by atoms with Crippen LogP contribution in [0.4, 0.5) is 5.69 Å². The Morgan fingerprint density at radius 3 is 2.35 bits per heavy atom. The summed E-state index contributed by atoms with van der Waals surface area (Å²) in [6.07, 6.45) is 2.73. The van der Waals surface area contributed by atoms with Gasteiger partial charge in [-0.1, -0.05) is 46.9 Å². The number of rotatable bonds is 2. The lowest BCUT2D eigenvalue weighted by Gasteiger charge is -2.25. The topological polar surface area (TPSA) is 15.6 Å². The predicted octanol–water partition coefficient (Wildman–Crippen LogP) is 5.58. The van der Waals surface area contributed by atoms with Gasteiger partial charge in [0.15, 0.2) is 0 Å². The van der Waals surface area contributed by atoms with Crippen LogP contribution in [0.25, 0.3) is 0 Å². The lowest BCUT2D eigenvalue weighted by Crippen LogP contribution is -2.18. The third-order valence-corrected chi connectivity index (χ3v) is 4.03. The van der Waals surface area contributed by atoms with Crippen LogP contribution >= 0.6 is 34.8 Å². The average molecular weight is 326 g/mol. The Labute approximate surface area is 132 Å². The van der Waals surface area contributed by atoms with Crippen molar-refractivity contribution in [2.75, 3.05) is 5.01 Å². The van der Waals surface area contributed by atoms with Crippen molar-refractivity contribution in [2.45, 2.75) is 12.5 Å². The van der Waals surface area contributed by atoms with Gasteiger partial charge in [-0.15, -0.1) is 0 Å². The zero-order valence-corrected chi connectivity index (χ0v) is 12.7. The van der Waals surface area contributed by atoms with E-state index in [9.17, 15) is 0 Å². The van der Waals surface area contributed by atoms with Crippen molar-refractivity contribution in [3.05, 3.63) is 63.1 Å². The molecule has 0 aliphatic carbocycles. The molecule has 0 aromatic heterocycles. The van der Waals surface area contributed by atoms with Crippen LogP contribution in [-0.4, -0.2) is 6.21 Å². The molecule has 0 saturated heterocycles. The second kappa shape index (κ2) is 5.65. The smallest absolute Gasteiger partial charge is 0.0826 e. The summed E-state index contributed by atoms with van der Waals surface area (Å²) in [6.45, 7) is 0. The number of hydrogen-bond acceptors (Lipinski definition) is 2. The zero-order valence-electron chi connectivity index (χ0n) is 10.4. The Hall–Kier alpha value is -1.22. The SMILES string of the molecule is Clc1ccc(C2CC=NN2c2ccc(Cl)cc2Cl)cc1. The van der Waals surface area contributed by atoms with Crippen LogP contribution in [0, 0.1) is 0 Å². The standard InChI is InChI=1S/C15H11Cl3N2/c16-11-3-1-10(2-4-11)14-7-8-19-20(14)15-6-5-12(17)9-13(15)18/h1-6,8-9,14H,7H2. The van der Waals surface area contributed by atoms with Crippen LogP contribution in [0.3, 0.4) is 0 Å². The first-order chi connectivity index (χ1) is 9.65. The number of anilines is 1. The normalized spacial score (nSPS) is 17.8. The van der Waals surface area contributed by atoms with E-state index in [0.717, 1.165) is 22.7 Å². The van der Waals surface area contributed by atoms with E-state index in [0.29, 0.717) is 10.0 Å². The molecular weight excluding hydrogens is 315 g/mol. The number of hydrogen-bond donors (Lipinski definition) is 0. The quantitative estimate of drug-likeness (QED) is 0.703. The first-order valence-corrected chi connectivity index (χ1v) is 7.31. The molecule has 3 rings (SSSR count). The Morgan fingerprint density at radius 1 is 0.950 bits per heavy atom. The highest BCUT2D eigenvalue weighted by molar-refractivity contribution is 6.36. The molecule has 0 saturated carbocycles. The third-order valence-electron chi connectivity index (χ3n) is 3.24. The van der Waals surface area contributed by atoms with Crippen molar-refractivity contribution in [3.8, 4) is 0 Å². The van der Waals surface area contributed by atoms with Gasteiger partial charge in [-0.25, -0.2) is 0 Å². The van der Waals surface area contributed by atoms with E-state index in [4.69, 9.17) is 34.8 Å². The van der Waals surface area contributed by atoms with Gasteiger partial charge in [0.2, 0.25) is 0 Å². The molecule has 0 N–H and O–H groups in total. The predicted molar refractivity (Wildman–Crippen MR) is 86.2 cm³/mol. The number of benzene rings is 2. The summed E-state index contributed by atoms with van der Waals surface area (Å²) in [5.41, 5.74) is 2.00. The summed E-state index contributed by atoms with van der Waals surface area (Å²) in [4.78, 5) is 0. The molecule has 102 valence electrons. The first-order valence-electron chi connectivity index (χ1n) is 6.17. The molecule has 0 bridgehead atoms. The minimum atomic E-state index is 0.131. The molecule has 1 atom stereocenters. The fourth-order valence-electron chi connectivity index (χ4n) is 2.27. The van der Waals surface area contributed by atoms with E-state index in [2.05, 4.69) is 5.10 Å². The van der Waals surface area contributed by atoms with Crippen molar-refractivity contribution in [1.29, 1.82) is 0 Å². The minimum Gasteiger partial charge on any atom is -0.256 e. The molecule has 0 spiro atoms. The van der Waals surface area contributed by atoms with Crippen LogP contribution in [-0.2, 0) is 0 Å². The van der Waals surface area contributed by atoms with Crippen LogP contribution in [0.5, 0.6) is 0 Å². The van der Waals surface area contributed by atoms with E-state index in [-0.39, 0.29) is 6.04 Å². The molecule has 0 amide bonds. The van der Waals surface area contributed by atoms with Gasteiger partial charge in [-0.2, -0.15) is 5.10 Å². The van der Waals surface area contributed by atoms with Crippen molar-refractivity contribution < 1.29 is 0 Å². The van der Waals surface area contributed by atoms with Gasteiger partial charge < -0.3 is 0 Å². The summed E-state index contributed by atoms with van der Waals surface area (Å²) >= 11 is 18.1. The highest BCUT2D eigenvalue weighted by atomic mass is 35.5. The summed E-state index contributed by atoms with van der Waals surface area (Å²) in [6, 6.07) is 13.4. The molecule has 2 aromatic rings. The fraction of sp³-hybridized carbons (Fsp3) is 0.133. The van der Waals surface area contributed by atoms with E-state index in [1.165, 1.54) is 0 Å². The molecule has 0 radical (unpaired) electrons. The maximum atomic E-state index is 6.27. The van der Waals surface area contributed by atoms with E-state index in [1.54, 1.807) is 6.07 Å². The first kappa shape index (κ1) is 13.7. The van der Waals surface area contributed by atoms with Crippen molar-refractivity contribution >= 4 is 46.7 Å². The van der Waals surface area contributed by atoms with Crippen molar-refractivity contribution in [3.63, 3.8) is 0 Å². The zero-order chi connectivity index (χ0) is 14.1. The maximum Gasteiger partial charge on any atom is 0.0826 e. The molecule has 1 aliphatic heterocycles. The number of halogens is 3. The van der Waals surface area contributed by atoms with Gasteiger partial charge in [0.1, 0.15) is 0 Å². The van der Waals surface area contributed by atoms with E-state index < -0.39 is 0 Å². The van der Waals surface area contributed by atoms with Crippen LogP contribution in [0.2, 0.25) is 15.1 Å². The van der Waals surface area contributed by atoms with Gasteiger partial charge >= 0.3 is 0 Å². The Bertz CT molecular complexity index is 653. The summed E-state index contributed by atoms with van der Waals surface area (Å²) in [7, 11) is 0. The van der Waals surface area contributed by atoms with Gasteiger partial charge in [-0.3, -0.25) is 5.01 Å². The van der Waals surface area contributed by atoms with Gasteiger partial charge in [0, 0.05) is 22.7 Å².